The number of carbonyl (C=O) groups is 2. The van der Waals surface area contributed by atoms with Crippen LogP contribution in [0.2, 0.25) is 39.3 Å². The summed E-state index contributed by atoms with van der Waals surface area (Å²) in [5.41, 5.74) is 2.84. The average molecular weight is 406 g/mol. The Bertz CT molecular complexity index is 660. The Morgan fingerprint density at radius 1 is 1.07 bits per heavy atom. The van der Waals surface area contributed by atoms with Crippen LogP contribution in [0.25, 0.3) is 0 Å². The summed E-state index contributed by atoms with van der Waals surface area (Å²) in [5.74, 6) is -0.337. The van der Waals surface area contributed by atoms with Crippen LogP contribution in [0.1, 0.15) is 24.2 Å². The quantitative estimate of drug-likeness (QED) is 0.463. The van der Waals surface area contributed by atoms with Crippen LogP contribution in [0.5, 0.6) is 0 Å². The zero-order chi connectivity index (χ0) is 20.8. The number of ether oxygens (including phenoxy) is 1. The zero-order valence-corrected chi connectivity index (χ0v) is 20.1. The molecular weight excluding hydrogens is 370 g/mol. The van der Waals surface area contributed by atoms with Gasteiger partial charge in [-0.25, -0.2) is 0 Å². The Morgan fingerprint density at radius 2 is 1.63 bits per heavy atom. The highest BCUT2D eigenvalue weighted by Crippen LogP contribution is 2.19. The van der Waals surface area contributed by atoms with Crippen LogP contribution >= 0.6 is 0 Å². The number of hydrogen-bond donors (Lipinski definition) is 0. The van der Waals surface area contributed by atoms with E-state index in [1.807, 2.05) is 48.2 Å². The molecule has 0 radical (unpaired) electrons. The van der Waals surface area contributed by atoms with Crippen LogP contribution in [0.15, 0.2) is 42.1 Å². The number of nitrogens with zero attached hydrogens (tertiary/aromatic N) is 1. The van der Waals surface area contributed by atoms with E-state index in [2.05, 4.69) is 45.0 Å². The zero-order valence-electron chi connectivity index (χ0n) is 18.1. The molecule has 0 fully saturated rings. The van der Waals surface area contributed by atoms with Crippen LogP contribution in [-0.4, -0.2) is 51.2 Å². The molecule has 0 aromatic heterocycles. The summed E-state index contributed by atoms with van der Waals surface area (Å²) in [7, 11) is -3.03. The van der Waals surface area contributed by atoms with Crippen molar-refractivity contribution in [3.63, 3.8) is 0 Å². The van der Waals surface area contributed by atoms with Crippen LogP contribution in [-0.2, 0) is 9.53 Å². The summed E-state index contributed by atoms with van der Waals surface area (Å²) in [6.45, 7) is 16.8. The second kappa shape index (κ2) is 9.51. The summed E-state index contributed by atoms with van der Waals surface area (Å²) in [4.78, 5) is 26.8. The number of esters is 1. The van der Waals surface area contributed by atoms with Crippen molar-refractivity contribution < 1.29 is 14.3 Å². The molecule has 2 atom stereocenters. The van der Waals surface area contributed by atoms with E-state index in [1.54, 1.807) is 0 Å². The maximum absolute atomic E-state index is 13.2. The number of rotatable bonds is 8. The molecule has 0 unspecified atom stereocenters. The van der Waals surface area contributed by atoms with E-state index in [1.165, 1.54) is 6.92 Å². The molecule has 0 spiro atoms. The van der Waals surface area contributed by atoms with E-state index in [4.69, 9.17) is 4.74 Å². The second-order valence-corrected chi connectivity index (χ2v) is 19.9. The third-order valence-corrected chi connectivity index (χ3v) is 6.46. The Labute approximate surface area is 166 Å². The summed E-state index contributed by atoms with van der Waals surface area (Å²) < 4.78 is 5.61. The van der Waals surface area contributed by atoms with E-state index in [0.717, 1.165) is 0 Å². The normalized spacial score (nSPS) is 14.7. The monoisotopic (exact) mass is 405 g/mol. The van der Waals surface area contributed by atoms with Gasteiger partial charge in [0, 0.05) is 18.7 Å². The lowest BCUT2D eigenvalue weighted by molar-refractivity contribution is -0.146. The van der Waals surface area contributed by atoms with Gasteiger partial charge in [0.25, 0.3) is 5.91 Å². The lowest BCUT2D eigenvalue weighted by atomic mass is 10.1. The minimum atomic E-state index is -1.57. The first-order chi connectivity index (χ1) is 12.3. The fourth-order valence-corrected chi connectivity index (χ4v) is 4.93. The number of benzene rings is 1. The van der Waals surface area contributed by atoms with Gasteiger partial charge < -0.3 is 9.64 Å². The highest BCUT2D eigenvalue weighted by Gasteiger charge is 2.32. The summed E-state index contributed by atoms with van der Waals surface area (Å²) in [6.07, 6.45) is 2.24. The molecule has 0 aliphatic carbocycles. The van der Waals surface area contributed by atoms with E-state index in [0.29, 0.717) is 11.7 Å². The molecule has 6 heteroatoms. The van der Waals surface area contributed by atoms with Crippen molar-refractivity contribution in [3.05, 3.63) is 47.7 Å². The van der Waals surface area contributed by atoms with Crippen molar-refractivity contribution in [2.45, 2.75) is 65.3 Å². The third-order valence-electron chi connectivity index (χ3n) is 3.98. The first-order valence-electron chi connectivity index (χ1n) is 9.53. The van der Waals surface area contributed by atoms with Gasteiger partial charge in [-0.1, -0.05) is 63.2 Å². The maximum atomic E-state index is 13.2. The largest absolute Gasteiger partial charge is 0.456 e. The summed E-state index contributed by atoms with van der Waals surface area (Å²) in [6, 6.07) is 9.09. The molecule has 0 saturated carbocycles. The second-order valence-electron chi connectivity index (χ2n) is 9.40. The third kappa shape index (κ3) is 8.71. The van der Waals surface area contributed by atoms with Crippen molar-refractivity contribution >= 4 is 28.0 Å². The molecule has 0 N–H and O–H groups in total. The van der Waals surface area contributed by atoms with Gasteiger partial charge in [-0.3, -0.25) is 9.59 Å². The van der Waals surface area contributed by atoms with Gasteiger partial charge >= 0.3 is 5.97 Å². The SMILES string of the molecule is CC(=O)O[C@H](/C=C/[Si](C)(C)C)[C@H](C)N(C[Si](C)(C)C)C(=O)c1ccccc1. The smallest absolute Gasteiger partial charge is 0.303 e. The predicted molar refractivity (Wildman–Crippen MR) is 118 cm³/mol. The minimum Gasteiger partial charge on any atom is -0.456 e. The minimum absolute atomic E-state index is 0.0101. The molecule has 0 bridgehead atoms. The maximum Gasteiger partial charge on any atom is 0.303 e. The van der Waals surface area contributed by atoms with Crippen LogP contribution in [0.3, 0.4) is 0 Å². The molecule has 0 aliphatic rings. The van der Waals surface area contributed by atoms with Gasteiger partial charge in [-0.2, -0.15) is 0 Å². The van der Waals surface area contributed by atoms with E-state index in [-0.39, 0.29) is 17.9 Å². The Kier molecular flexibility index (Phi) is 8.23. The molecule has 27 heavy (non-hydrogen) atoms. The van der Waals surface area contributed by atoms with Crippen molar-refractivity contribution in [2.75, 3.05) is 6.17 Å². The Balaban J connectivity index is 3.24. The van der Waals surface area contributed by atoms with Gasteiger partial charge in [0.05, 0.1) is 22.2 Å². The van der Waals surface area contributed by atoms with Crippen molar-refractivity contribution in [1.82, 2.24) is 4.90 Å². The van der Waals surface area contributed by atoms with Gasteiger partial charge in [-0.15, -0.1) is 0 Å². The molecule has 0 aliphatic heterocycles. The van der Waals surface area contributed by atoms with Crippen LogP contribution < -0.4 is 0 Å². The molecule has 1 rings (SSSR count). The van der Waals surface area contributed by atoms with Crippen molar-refractivity contribution in [3.8, 4) is 0 Å². The van der Waals surface area contributed by atoms with E-state index >= 15 is 0 Å². The first kappa shape index (κ1) is 23.4. The van der Waals surface area contributed by atoms with Gasteiger partial charge in [0.2, 0.25) is 0 Å². The summed E-state index contributed by atoms with van der Waals surface area (Å²) in [5, 5.41) is 0. The number of amides is 1. The standard InChI is InChI=1S/C21H35NO3Si2/c1-17(20(25-18(2)23)14-15-26(3,4)5)22(16-27(6,7)8)21(24)19-12-10-9-11-13-19/h9-15,17,20H,16H2,1-8H3/b15-14+/t17-,20+/m0/s1. The average Bonchev–Trinajstić information content (AvgIpc) is 2.54. The number of carbonyl (C=O) groups excluding carboxylic acids is 2. The van der Waals surface area contributed by atoms with Gasteiger partial charge in [0.1, 0.15) is 6.10 Å². The van der Waals surface area contributed by atoms with E-state index in [9.17, 15) is 9.59 Å². The molecule has 1 aromatic rings. The lowest BCUT2D eigenvalue weighted by Gasteiger charge is -2.37. The molecule has 4 nitrogen and oxygen atoms in total. The van der Waals surface area contributed by atoms with Crippen molar-refractivity contribution in [1.29, 1.82) is 0 Å². The highest BCUT2D eigenvalue weighted by molar-refractivity contribution is 6.81. The molecule has 1 aromatic carbocycles. The van der Waals surface area contributed by atoms with Gasteiger partial charge in [-0.05, 0) is 25.1 Å². The molecule has 1 amide bonds. The summed E-state index contributed by atoms with van der Waals surface area (Å²) >= 11 is 0. The van der Waals surface area contributed by atoms with Crippen molar-refractivity contribution in [2.24, 2.45) is 0 Å². The topological polar surface area (TPSA) is 46.6 Å². The molecule has 0 heterocycles. The molecular formula is C21H35NO3Si2. The molecule has 150 valence electrons. The lowest BCUT2D eigenvalue weighted by Crippen LogP contribution is -2.52. The predicted octanol–water partition coefficient (Wildman–Crippen LogP) is 4.76. The molecule has 0 saturated heterocycles. The Morgan fingerprint density at radius 3 is 2.07 bits per heavy atom. The fourth-order valence-electron chi connectivity index (χ4n) is 2.71. The van der Waals surface area contributed by atoms with Crippen LogP contribution in [0.4, 0.5) is 0 Å². The Hall–Kier alpha value is -1.67. The highest BCUT2D eigenvalue weighted by atomic mass is 28.3. The fraction of sp³-hybridized carbons (Fsp3) is 0.524. The van der Waals surface area contributed by atoms with Gasteiger partial charge in [0.15, 0.2) is 0 Å². The number of hydrogen-bond acceptors (Lipinski definition) is 3. The first-order valence-corrected chi connectivity index (χ1v) is 16.8. The van der Waals surface area contributed by atoms with E-state index < -0.39 is 22.3 Å². The van der Waals surface area contributed by atoms with Crippen LogP contribution in [0, 0.1) is 0 Å².